The maximum atomic E-state index is 6.37. The van der Waals surface area contributed by atoms with Gasteiger partial charge in [-0.25, -0.2) is 0 Å². The molecule has 0 saturated heterocycles. The summed E-state index contributed by atoms with van der Waals surface area (Å²) in [4.78, 5) is 0. The van der Waals surface area contributed by atoms with Crippen LogP contribution in [0, 0.1) is 0 Å². The van der Waals surface area contributed by atoms with Gasteiger partial charge in [-0.2, -0.15) is 0 Å². The van der Waals surface area contributed by atoms with Gasteiger partial charge in [0.2, 0.25) is 0 Å². The van der Waals surface area contributed by atoms with E-state index in [4.69, 9.17) is 20.5 Å². The van der Waals surface area contributed by atoms with E-state index < -0.39 is 8.56 Å². The molecule has 0 heterocycles. The van der Waals surface area contributed by atoms with Crippen molar-refractivity contribution in [1.82, 2.24) is 0 Å². The van der Waals surface area contributed by atoms with E-state index in [1.54, 1.807) is 0 Å². The van der Waals surface area contributed by atoms with Gasteiger partial charge in [0, 0.05) is 13.2 Å². The number of rotatable bonds is 9. The Hall–Kier alpha value is 0.427. The molecule has 0 bridgehead atoms. The van der Waals surface area contributed by atoms with E-state index in [0.717, 1.165) is 38.9 Å². The molecular formula is C11H25ClO2Si. The van der Waals surface area contributed by atoms with Gasteiger partial charge in [-0.1, -0.05) is 27.2 Å². The van der Waals surface area contributed by atoms with Gasteiger partial charge in [-0.15, -0.1) is 11.6 Å². The smallest absolute Gasteiger partial charge is 0.353 e. The molecule has 1 unspecified atom stereocenters. The minimum Gasteiger partial charge on any atom is -0.394 e. The lowest BCUT2D eigenvalue weighted by molar-refractivity contribution is 0.170. The van der Waals surface area contributed by atoms with Crippen LogP contribution in [0.4, 0.5) is 0 Å². The van der Waals surface area contributed by atoms with Gasteiger partial charge >= 0.3 is 8.56 Å². The zero-order valence-electron chi connectivity index (χ0n) is 10.5. The van der Waals surface area contributed by atoms with Crippen LogP contribution in [0.2, 0.25) is 6.55 Å². The molecule has 92 valence electrons. The number of hydrogen-bond donors (Lipinski definition) is 0. The molecule has 0 amide bonds. The Morgan fingerprint density at radius 1 is 1.00 bits per heavy atom. The molecule has 0 radical (unpaired) electrons. The van der Waals surface area contributed by atoms with E-state index in [0.29, 0.717) is 0 Å². The van der Waals surface area contributed by atoms with Crippen molar-refractivity contribution in [3.05, 3.63) is 0 Å². The molecule has 0 rings (SSSR count). The lowest BCUT2D eigenvalue weighted by Crippen LogP contribution is -2.48. The first-order valence-electron chi connectivity index (χ1n) is 6.02. The minimum atomic E-state index is -2.15. The second-order valence-electron chi connectivity index (χ2n) is 3.97. The van der Waals surface area contributed by atoms with E-state index in [1.165, 1.54) is 0 Å². The Morgan fingerprint density at radius 3 is 1.80 bits per heavy atom. The lowest BCUT2D eigenvalue weighted by Gasteiger charge is -2.30. The van der Waals surface area contributed by atoms with Crippen molar-refractivity contribution in [2.75, 3.05) is 13.2 Å². The molecule has 0 aliphatic rings. The summed E-state index contributed by atoms with van der Waals surface area (Å²) in [6, 6.07) is 0. The van der Waals surface area contributed by atoms with Gasteiger partial charge in [0.25, 0.3) is 0 Å². The molecule has 0 spiro atoms. The first-order valence-corrected chi connectivity index (χ1v) is 8.85. The Labute approximate surface area is 101 Å². The summed E-state index contributed by atoms with van der Waals surface area (Å²) in [6.07, 6.45) is 4.11. The van der Waals surface area contributed by atoms with Crippen LogP contribution >= 0.6 is 11.6 Å². The molecule has 0 fully saturated rings. The molecule has 2 nitrogen and oxygen atoms in total. The number of alkyl halides is 1. The van der Waals surface area contributed by atoms with Gasteiger partial charge in [-0.05, 0) is 25.8 Å². The van der Waals surface area contributed by atoms with Crippen LogP contribution in [0.1, 0.15) is 46.5 Å². The van der Waals surface area contributed by atoms with Crippen LogP contribution in [0.5, 0.6) is 0 Å². The Kier molecular flexibility index (Phi) is 8.81. The van der Waals surface area contributed by atoms with E-state index in [1.807, 2.05) is 0 Å². The SMILES string of the molecule is CCCO[Si](C)(OCCC)C(Cl)CCC. The first kappa shape index (κ1) is 15.4. The summed E-state index contributed by atoms with van der Waals surface area (Å²) >= 11 is 6.37. The third-order valence-corrected chi connectivity index (χ3v) is 6.69. The highest BCUT2D eigenvalue weighted by atomic mass is 35.5. The maximum Gasteiger partial charge on any atom is 0.353 e. The van der Waals surface area contributed by atoms with Crippen molar-refractivity contribution in [1.29, 1.82) is 0 Å². The molecule has 15 heavy (non-hydrogen) atoms. The van der Waals surface area contributed by atoms with Gasteiger partial charge in [0.15, 0.2) is 0 Å². The summed E-state index contributed by atoms with van der Waals surface area (Å²) in [6.45, 7) is 9.98. The van der Waals surface area contributed by atoms with Crippen LogP contribution in [0.15, 0.2) is 0 Å². The third-order valence-electron chi connectivity index (χ3n) is 2.30. The van der Waals surface area contributed by atoms with Crippen LogP contribution in [-0.4, -0.2) is 26.8 Å². The van der Waals surface area contributed by atoms with Crippen molar-refractivity contribution in [3.63, 3.8) is 0 Å². The summed E-state index contributed by atoms with van der Waals surface area (Å²) in [5.41, 5.74) is 0. The molecule has 0 saturated carbocycles. The van der Waals surface area contributed by atoms with Crippen LogP contribution in [-0.2, 0) is 8.85 Å². The number of halogens is 1. The Morgan fingerprint density at radius 2 is 1.47 bits per heavy atom. The second kappa shape index (κ2) is 8.56. The first-order chi connectivity index (χ1) is 7.10. The predicted molar refractivity (Wildman–Crippen MR) is 68.7 cm³/mol. The topological polar surface area (TPSA) is 18.5 Å². The molecule has 0 aliphatic heterocycles. The fraction of sp³-hybridized carbons (Fsp3) is 1.00. The summed E-state index contributed by atoms with van der Waals surface area (Å²) < 4.78 is 11.8. The Balaban J connectivity index is 4.23. The lowest BCUT2D eigenvalue weighted by atomic mass is 10.4. The standard InChI is InChI=1S/C11H25ClO2Si/c1-5-8-11(12)15(4,13-9-6-2)14-10-7-3/h11H,5-10H2,1-4H3. The zero-order chi connectivity index (χ0) is 11.7. The minimum absolute atomic E-state index is 0.0700. The highest BCUT2D eigenvalue weighted by Gasteiger charge is 2.39. The Bertz CT molecular complexity index is 148. The zero-order valence-corrected chi connectivity index (χ0v) is 12.3. The van der Waals surface area contributed by atoms with E-state index in [2.05, 4.69) is 27.3 Å². The van der Waals surface area contributed by atoms with E-state index in [9.17, 15) is 0 Å². The summed E-state index contributed by atoms with van der Waals surface area (Å²) in [7, 11) is -2.15. The molecule has 0 N–H and O–H groups in total. The van der Waals surface area contributed by atoms with Crippen molar-refractivity contribution in [2.45, 2.75) is 58.0 Å². The number of hydrogen-bond acceptors (Lipinski definition) is 2. The van der Waals surface area contributed by atoms with Gasteiger partial charge < -0.3 is 8.85 Å². The van der Waals surface area contributed by atoms with Crippen LogP contribution < -0.4 is 0 Å². The molecule has 4 heteroatoms. The maximum absolute atomic E-state index is 6.37. The van der Waals surface area contributed by atoms with E-state index in [-0.39, 0.29) is 5.00 Å². The molecule has 1 atom stereocenters. The average molecular weight is 253 g/mol. The third kappa shape index (κ3) is 5.90. The fourth-order valence-corrected chi connectivity index (χ4v) is 4.42. The summed E-state index contributed by atoms with van der Waals surface area (Å²) in [5, 5.41) is 0.0700. The molecule has 0 aromatic heterocycles. The quantitative estimate of drug-likeness (QED) is 0.458. The van der Waals surface area contributed by atoms with Gasteiger partial charge in [-0.3, -0.25) is 0 Å². The van der Waals surface area contributed by atoms with Crippen molar-refractivity contribution in [2.24, 2.45) is 0 Å². The van der Waals surface area contributed by atoms with Crippen molar-refractivity contribution < 1.29 is 8.85 Å². The molecule has 0 aliphatic carbocycles. The fourth-order valence-electron chi connectivity index (χ4n) is 1.35. The highest BCUT2D eigenvalue weighted by molar-refractivity contribution is 6.75. The second-order valence-corrected chi connectivity index (χ2v) is 8.17. The average Bonchev–Trinajstić information content (AvgIpc) is 2.24. The largest absolute Gasteiger partial charge is 0.394 e. The highest BCUT2D eigenvalue weighted by Crippen LogP contribution is 2.22. The monoisotopic (exact) mass is 252 g/mol. The van der Waals surface area contributed by atoms with E-state index >= 15 is 0 Å². The molecule has 0 aromatic carbocycles. The predicted octanol–water partition coefficient (Wildman–Crippen LogP) is 3.86. The van der Waals surface area contributed by atoms with Crippen molar-refractivity contribution >= 4 is 20.2 Å². The normalized spacial score (nSPS) is 14.2. The van der Waals surface area contributed by atoms with Gasteiger partial charge in [0.1, 0.15) is 0 Å². The molecule has 0 aromatic rings. The van der Waals surface area contributed by atoms with Crippen LogP contribution in [0.25, 0.3) is 0 Å². The van der Waals surface area contributed by atoms with Gasteiger partial charge in [0.05, 0.1) is 5.00 Å². The van der Waals surface area contributed by atoms with Crippen molar-refractivity contribution in [3.8, 4) is 0 Å². The van der Waals surface area contributed by atoms with Crippen LogP contribution in [0.3, 0.4) is 0 Å². The molecular weight excluding hydrogens is 228 g/mol. The summed E-state index contributed by atoms with van der Waals surface area (Å²) in [5.74, 6) is 0.